The van der Waals surface area contributed by atoms with E-state index in [1.54, 1.807) is 17.9 Å². The largest absolute Gasteiger partial charge is 0.418 e. The van der Waals surface area contributed by atoms with Crippen molar-refractivity contribution in [2.75, 3.05) is 33.9 Å². The summed E-state index contributed by atoms with van der Waals surface area (Å²) in [5.74, 6) is 1.54. The van der Waals surface area contributed by atoms with Crippen LogP contribution >= 0.6 is 0 Å². The predicted molar refractivity (Wildman–Crippen MR) is 142 cm³/mol. The van der Waals surface area contributed by atoms with Crippen molar-refractivity contribution >= 4 is 5.52 Å². The molecule has 0 bridgehead atoms. The minimum atomic E-state index is -4.55. The summed E-state index contributed by atoms with van der Waals surface area (Å²) in [7, 11) is 3.79. The number of hydrogen-bond acceptors (Lipinski definition) is 6. The van der Waals surface area contributed by atoms with Crippen molar-refractivity contribution in [2.45, 2.75) is 82.4 Å². The smallest absolute Gasteiger partial charge is 0.380 e. The van der Waals surface area contributed by atoms with Gasteiger partial charge < -0.3 is 4.74 Å². The van der Waals surface area contributed by atoms with Gasteiger partial charge in [-0.05, 0) is 62.1 Å². The number of hydrogen-bond donors (Lipinski definition) is 2. The second-order valence-electron chi connectivity index (χ2n) is 12.2. The molecule has 4 fully saturated rings. The maximum Gasteiger partial charge on any atom is 0.418 e. The van der Waals surface area contributed by atoms with E-state index in [0.717, 1.165) is 45.3 Å². The second-order valence-corrected chi connectivity index (χ2v) is 12.2. The summed E-state index contributed by atoms with van der Waals surface area (Å²) in [5, 5.41) is 0. The van der Waals surface area contributed by atoms with Gasteiger partial charge in [0.25, 0.3) is 0 Å². The molecule has 2 aromatic heterocycles. The van der Waals surface area contributed by atoms with Gasteiger partial charge in [-0.3, -0.25) is 18.8 Å². The van der Waals surface area contributed by atoms with Gasteiger partial charge in [-0.1, -0.05) is 25.7 Å². The Hall–Kier alpha value is -1.92. The average Bonchev–Trinajstić information content (AvgIpc) is 3.60. The van der Waals surface area contributed by atoms with Crippen LogP contribution in [0.3, 0.4) is 0 Å². The highest BCUT2D eigenvalue weighted by molar-refractivity contribution is 5.56. The van der Waals surface area contributed by atoms with E-state index in [0.29, 0.717) is 36.4 Å². The number of rotatable bonds is 7. The Bertz CT molecular complexity index is 1220. The molecule has 8 nitrogen and oxygen atoms in total. The van der Waals surface area contributed by atoms with Crippen LogP contribution in [0.1, 0.15) is 68.5 Å². The molecule has 0 amide bonds. The fourth-order valence-electron chi connectivity index (χ4n) is 7.63. The quantitative estimate of drug-likeness (QED) is 0.547. The van der Waals surface area contributed by atoms with Crippen molar-refractivity contribution in [3.05, 3.63) is 40.1 Å². The van der Waals surface area contributed by atoms with Crippen LogP contribution in [-0.2, 0) is 17.5 Å². The van der Waals surface area contributed by atoms with Crippen molar-refractivity contribution in [1.82, 2.24) is 29.6 Å². The maximum absolute atomic E-state index is 14.2. The van der Waals surface area contributed by atoms with E-state index in [2.05, 4.69) is 27.7 Å². The fraction of sp³-hybridized carbons (Fsp3) is 0.750. The standard InChI is InChI=1S/C28H41F3N6O2/c1-34-17-32-33-26(34)25(19-5-3-6-19)20-7-4-8-21(12-20)36-16-24-23(28(29,30)31)11-18(14-37(24)27(36)38)13-35-10-9-22(15-35)39-2/h11,14,16,19-22,25-26,32-33H,3-10,12-13,15,17H2,1-2H3/t20?,21?,22-,25+,26?/m0/s1. The minimum absolute atomic E-state index is 0.0495. The van der Waals surface area contributed by atoms with Crippen LogP contribution in [0.15, 0.2) is 23.3 Å². The molecule has 2 aliphatic carbocycles. The van der Waals surface area contributed by atoms with Gasteiger partial charge in [0.05, 0.1) is 30.0 Å². The Morgan fingerprint density at radius 3 is 2.51 bits per heavy atom. The third-order valence-electron chi connectivity index (χ3n) is 9.86. The SMILES string of the molecule is CO[C@H]1CCN(Cc2cc(C(F)(F)F)c3cn(C4CCCC([C@@H](C5CCC5)C5NNCN5C)C4)c(=O)n3c2)C1. The first kappa shape index (κ1) is 27.3. The molecule has 11 heteroatoms. The van der Waals surface area contributed by atoms with Crippen LogP contribution < -0.4 is 16.5 Å². The first-order valence-corrected chi connectivity index (χ1v) is 14.5. The molecule has 3 unspecified atom stereocenters. The van der Waals surface area contributed by atoms with Crippen molar-refractivity contribution < 1.29 is 17.9 Å². The van der Waals surface area contributed by atoms with E-state index in [1.165, 1.54) is 35.9 Å². The highest BCUT2D eigenvalue weighted by Gasteiger charge is 2.44. The molecule has 2 aliphatic heterocycles. The summed E-state index contributed by atoms with van der Waals surface area (Å²) in [6.45, 7) is 2.60. The lowest BCUT2D eigenvalue weighted by atomic mass is 9.65. The molecule has 2 saturated carbocycles. The number of likely N-dealkylation sites (tertiary alicyclic amines) is 1. The molecule has 2 aromatic rings. The number of aromatic nitrogens is 2. The van der Waals surface area contributed by atoms with Crippen molar-refractivity contribution in [1.29, 1.82) is 0 Å². The van der Waals surface area contributed by atoms with Crippen LogP contribution in [0.4, 0.5) is 13.2 Å². The number of nitrogens with zero attached hydrogens (tertiary/aromatic N) is 4. The Morgan fingerprint density at radius 1 is 1.10 bits per heavy atom. The van der Waals surface area contributed by atoms with Crippen molar-refractivity contribution in [3.8, 4) is 0 Å². The summed E-state index contributed by atoms with van der Waals surface area (Å²) < 4.78 is 51.0. The Morgan fingerprint density at radius 2 is 1.87 bits per heavy atom. The van der Waals surface area contributed by atoms with Crippen LogP contribution in [0.2, 0.25) is 0 Å². The van der Waals surface area contributed by atoms with Gasteiger partial charge in [0, 0.05) is 45.2 Å². The highest BCUT2D eigenvalue weighted by atomic mass is 19.4. The van der Waals surface area contributed by atoms with E-state index >= 15 is 0 Å². The Labute approximate surface area is 227 Å². The number of halogens is 3. The number of hydrazine groups is 1. The van der Waals surface area contributed by atoms with Crippen molar-refractivity contribution in [2.24, 2.45) is 17.8 Å². The Kier molecular flexibility index (Phi) is 7.56. The molecule has 6 rings (SSSR count). The van der Waals surface area contributed by atoms with Crippen LogP contribution in [-0.4, -0.2) is 65.0 Å². The molecule has 4 aliphatic rings. The van der Waals surface area contributed by atoms with Gasteiger partial charge in [-0.15, -0.1) is 0 Å². The number of alkyl halides is 3. The average molecular weight is 551 g/mol. The summed E-state index contributed by atoms with van der Waals surface area (Å²) in [6.07, 6.45) is 7.17. The van der Waals surface area contributed by atoms with Gasteiger partial charge >= 0.3 is 11.9 Å². The fourth-order valence-corrected chi connectivity index (χ4v) is 7.63. The van der Waals surface area contributed by atoms with E-state index in [9.17, 15) is 18.0 Å². The summed E-state index contributed by atoms with van der Waals surface area (Å²) in [6, 6.07) is 1.13. The van der Waals surface area contributed by atoms with E-state index in [4.69, 9.17) is 4.74 Å². The zero-order valence-electron chi connectivity index (χ0n) is 22.9. The molecular formula is C28H41F3N6O2. The molecule has 0 aromatic carbocycles. The molecule has 2 N–H and O–H groups in total. The molecule has 2 saturated heterocycles. The number of methoxy groups -OCH3 is 1. The van der Waals surface area contributed by atoms with Gasteiger partial charge in [0.15, 0.2) is 0 Å². The van der Waals surface area contributed by atoms with Crippen LogP contribution in [0, 0.1) is 17.8 Å². The van der Waals surface area contributed by atoms with Gasteiger partial charge in [0.2, 0.25) is 0 Å². The number of imidazole rings is 1. The predicted octanol–water partition coefficient (Wildman–Crippen LogP) is 3.81. The summed E-state index contributed by atoms with van der Waals surface area (Å²) >= 11 is 0. The lowest BCUT2D eigenvalue weighted by Gasteiger charge is -2.46. The Balaban J connectivity index is 1.30. The van der Waals surface area contributed by atoms with E-state index in [-0.39, 0.29) is 29.5 Å². The number of fused-ring (bicyclic) bond motifs is 1. The molecule has 39 heavy (non-hydrogen) atoms. The molecule has 0 spiro atoms. The normalized spacial score (nSPS) is 30.3. The monoisotopic (exact) mass is 550 g/mol. The zero-order chi connectivity index (χ0) is 27.3. The van der Waals surface area contributed by atoms with Gasteiger partial charge in [-0.2, -0.15) is 13.2 Å². The highest BCUT2D eigenvalue weighted by Crippen LogP contribution is 2.47. The molecular weight excluding hydrogens is 509 g/mol. The molecule has 0 radical (unpaired) electrons. The summed E-state index contributed by atoms with van der Waals surface area (Å²) in [5.41, 5.74) is 6.10. The van der Waals surface area contributed by atoms with Gasteiger partial charge in [0.1, 0.15) is 0 Å². The molecule has 216 valence electrons. The van der Waals surface area contributed by atoms with E-state index < -0.39 is 11.7 Å². The van der Waals surface area contributed by atoms with E-state index in [1.807, 2.05) is 0 Å². The third kappa shape index (κ3) is 5.28. The van der Waals surface area contributed by atoms with Gasteiger partial charge in [-0.25, -0.2) is 15.6 Å². The summed E-state index contributed by atoms with van der Waals surface area (Å²) in [4.78, 5) is 18.1. The number of pyridine rings is 1. The minimum Gasteiger partial charge on any atom is -0.380 e. The first-order valence-electron chi connectivity index (χ1n) is 14.5. The van der Waals surface area contributed by atoms with Crippen LogP contribution in [0.5, 0.6) is 0 Å². The lowest BCUT2D eigenvalue weighted by molar-refractivity contribution is -0.136. The number of nitrogens with one attached hydrogen (secondary N) is 2. The maximum atomic E-state index is 14.2. The topological polar surface area (TPSA) is 66.2 Å². The first-order chi connectivity index (χ1) is 18.7. The zero-order valence-corrected chi connectivity index (χ0v) is 22.9. The molecule has 5 atom stereocenters. The lowest BCUT2D eigenvalue weighted by Crippen LogP contribution is -2.50. The molecule has 4 heterocycles. The van der Waals surface area contributed by atoms with Crippen LogP contribution in [0.25, 0.3) is 5.52 Å². The second kappa shape index (κ2) is 10.8. The van der Waals surface area contributed by atoms with Crippen molar-refractivity contribution in [3.63, 3.8) is 0 Å². The third-order valence-corrected chi connectivity index (χ3v) is 9.86. The number of ether oxygens (including phenoxy) is 1.